The Morgan fingerprint density at radius 3 is 2.75 bits per heavy atom. The molecule has 0 saturated carbocycles. The van der Waals surface area contributed by atoms with Crippen molar-refractivity contribution in [2.24, 2.45) is 0 Å². The molecule has 0 bridgehead atoms. The zero-order valence-corrected chi connectivity index (χ0v) is 8.79. The first-order valence-electron chi connectivity index (χ1n) is 5.00. The van der Waals surface area contributed by atoms with Crippen molar-refractivity contribution in [3.05, 3.63) is 58.1 Å². The fraction of sp³-hybridized carbons (Fsp3) is 0.273. The molecule has 0 aliphatic carbocycles. The molecule has 84 valence electrons. The van der Waals surface area contributed by atoms with E-state index in [0.29, 0.717) is 0 Å². The van der Waals surface area contributed by atoms with Crippen LogP contribution >= 0.6 is 0 Å². The Bertz CT molecular complexity index is 416. The number of nitrogens with one attached hydrogen (secondary N) is 1. The minimum Gasteiger partial charge on any atom is -0.464 e. The number of rotatable bonds is 2. The van der Waals surface area contributed by atoms with E-state index in [4.69, 9.17) is 4.74 Å². The summed E-state index contributed by atoms with van der Waals surface area (Å²) in [7, 11) is 0. The first kappa shape index (κ1) is 10.5. The molecular formula is C11H12N2O3. The maximum Gasteiger partial charge on any atom is 0.293 e. The van der Waals surface area contributed by atoms with Crippen molar-refractivity contribution < 1.29 is 9.66 Å². The maximum atomic E-state index is 10.3. The van der Waals surface area contributed by atoms with Gasteiger partial charge >= 0.3 is 0 Å². The highest BCUT2D eigenvalue weighted by molar-refractivity contribution is 5.21. The summed E-state index contributed by atoms with van der Waals surface area (Å²) >= 11 is 0. The van der Waals surface area contributed by atoms with Crippen molar-refractivity contribution in [1.82, 2.24) is 5.32 Å². The first-order chi connectivity index (χ1) is 7.66. The van der Waals surface area contributed by atoms with E-state index >= 15 is 0 Å². The number of ether oxygens (including phenoxy) is 1. The fourth-order valence-electron chi connectivity index (χ4n) is 1.74. The molecule has 0 spiro atoms. The molecule has 1 aliphatic rings. The average Bonchev–Trinajstić information content (AvgIpc) is 2.60. The molecule has 5 nitrogen and oxygen atoms in total. The molecule has 1 heterocycles. The van der Waals surface area contributed by atoms with Crippen LogP contribution < -0.4 is 5.32 Å². The third kappa shape index (κ3) is 2.13. The van der Waals surface area contributed by atoms with Gasteiger partial charge in [0.25, 0.3) is 12.1 Å². The molecule has 0 radical (unpaired) electrons. The fourth-order valence-corrected chi connectivity index (χ4v) is 1.74. The molecule has 0 unspecified atom stereocenters. The summed E-state index contributed by atoms with van der Waals surface area (Å²) in [5.41, 5.74) is 1.01. The molecule has 16 heavy (non-hydrogen) atoms. The lowest BCUT2D eigenvalue weighted by Gasteiger charge is -2.12. The molecule has 1 aliphatic heterocycles. The van der Waals surface area contributed by atoms with Gasteiger partial charge in [-0.15, -0.1) is 0 Å². The van der Waals surface area contributed by atoms with Gasteiger partial charge in [0.15, 0.2) is 0 Å². The highest BCUT2D eigenvalue weighted by Gasteiger charge is 2.30. The van der Waals surface area contributed by atoms with Crippen LogP contribution in [0.25, 0.3) is 0 Å². The van der Waals surface area contributed by atoms with Crippen molar-refractivity contribution in [2.75, 3.05) is 0 Å². The molecular weight excluding hydrogens is 208 g/mol. The number of hydrogen-bond donors (Lipinski definition) is 1. The summed E-state index contributed by atoms with van der Waals surface area (Å²) in [5, 5.41) is 13.2. The van der Waals surface area contributed by atoms with E-state index in [1.807, 2.05) is 37.3 Å². The van der Waals surface area contributed by atoms with Crippen LogP contribution in [0.1, 0.15) is 18.6 Å². The standard InChI is InChI=1S/C11H12N2O3/c1-8-11(9-5-3-2-4-6-9)16-10(12-8)7-13(14)15/h2-8,11-12H,1H3/b10-7+/t8-,11-/m1/s1. The zero-order chi connectivity index (χ0) is 11.5. The van der Waals surface area contributed by atoms with Crippen LogP contribution in [0.15, 0.2) is 42.4 Å². The second-order valence-electron chi connectivity index (χ2n) is 3.66. The van der Waals surface area contributed by atoms with Gasteiger partial charge in [-0.05, 0) is 12.5 Å². The molecule has 1 aromatic carbocycles. The van der Waals surface area contributed by atoms with Gasteiger partial charge in [0, 0.05) is 0 Å². The van der Waals surface area contributed by atoms with Gasteiger partial charge in [0.1, 0.15) is 6.10 Å². The Morgan fingerprint density at radius 2 is 2.12 bits per heavy atom. The Hall–Kier alpha value is -2.04. The summed E-state index contributed by atoms with van der Waals surface area (Å²) in [6.45, 7) is 1.93. The van der Waals surface area contributed by atoms with Crippen LogP contribution in [0, 0.1) is 10.1 Å². The van der Waals surface area contributed by atoms with Crippen LogP contribution in [0.4, 0.5) is 0 Å². The van der Waals surface area contributed by atoms with Gasteiger partial charge in [0.05, 0.1) is 11.0 Å². The number of hydrogen-bond acceptors (Lipinski definition) is 4. The van der Waals surface area contributed by atoms with Gasteiger partial charge in [-0.3, -0.25) is 10.1 Å². The summed E-state index contributed by atoms with van der Waals surface area (Å²) in [6, 6.07) is 9.66. The van der Waals surface area contributed by atoms with Crippen LogP contribution in [0.5, 0.6) is 0 Å². The van der Waals surface area contributed by atoms with Crippen molar-refractivity contribution in [3.63, 3.8) is 0 Å². The third-order valence-corrected chi connectivity index (χ3v) is 2.43. The maximum absolute atomic E-state index is 10.3. The minimum atomic E-state index is -0.525. The molecule has 0 amide bonds. The van der Waals surface area contributed by atoms with E-state index in [1.54, 1.807) is 0 Å². The number of nitro groups is 1. The van der Waals surface area contributed by atoms with Gasteiger partial charge in [-0.25, -0.2) is 0 Å². The first-order valence-corrected chi connectivity index (χ1v) is 5.00. The van der Waals surface area contributed by atoms with Crippen molar-refractivity contribution in [3.8, 4) is 0 Å². The normalized spacial score (nSPS) is 26.2. The molecule has 1 aromatic rings. The van der Waals surface area contributed by atoms with E-state index in [2.05, 4.69) is 5.32 Å². The van der Waals surface area contributed by atoms with Gasteiger partial charge in [-0.1, -0.05) is 30.3 Å². The highest BCUT2D eigenvalue weighted by Crippen LogP contribution is 2.29. The van der Waals surface area contributed by atoms with Gasteiger partial charge in [0.2, 0.25) is 0 Å². The van der Waals surface area contributed by atoms with Crippen LogP contribution in [0.3, 0.4) is 0 Å². The highest BCUT2D eigenvalue weighted by atomic mass is 16.6. The lowest BCUT2D eigenvalue weighted by Crippen LogP contribution is -2.21. The third-order valence-electron chi connectivity index (χ3n) is 2.43. The molecule has 2 rings (SSSR count). The lowest BCUT2D eigenvalue weighted by molar-refractivity contribution is -0.405. The van der Waals surface area contributed by atoms with Crippen molar-refractivity contribution >= 4 is 0 Å². The molecule has 5 heteroatoms. The Morgan fingerprint density at radius 1 is 1.44 bits per heavy atom. The predicted molar refractivity (Wildman–Crippen MR) is 57.9 cm³/mol. The van der Waals surface area contributed by atoms with E-state index in [-0.39, 0.29) is 18.0 Å². The SMILES string of the molecule is C[C@H]1N/C(=C\[N+](=O)[O-])O[C@H]1c1ccccc1. The van der Waals surface area contributed by atoms with Crippen molar-refractivity contribution in [1.29, 1.82) is 0 Å². The van der Waals surface area contributed by atoms with E-state index < -0.39 is 4.92 Å². The molecule has 0 aromatic heterocycles. The van der Waals surface area contributed by atoms with Crippen LogP contribution in [0.2, 0.25) is 0 Å². The predicted octanol–water partition coefficient (Wildman–Crippen LogP) is 1.81. The van der Waals surface area contributed by atoms with Crippen LogP contribution in [-0.2, 0) is 4.74 Å². The summed E-state index contributed by atoms with van der Waals surface area (Å²) in [5.74, 6) is 0.214. The largest absolute Gasteiger partial charge is 0.464 e. The average molecular weight is 220 g/mol. The van der Waals surface area contributed by atoms with Crippen LogP contribution in [-0.4, -0.2) is 11.0 Å². The quantitative estimate of drug-likeness (QED) is 0.609. The lowest BCUT2D eigenvalue weighted by atomic mass is 10.0. The summed E-state index contributed by atoms with van der Waals surface area (Å²) < 4.78 is 5.48. The summed E-state index contributed by atoms with van der Waals surface area (Å²) in [6.07, 6.45) is 0.673. The van der Waals surface area contributed by atoms with Crippen molar-refractivity contribution in [2.45, 2.75) is 19.1 Å². The number of benzene rings is 1. The molecule has 1 saturated heterocycles. The molecule has 2 atom stereocenters. The van der Waals surface area contributed by atoms with E-state index in [9.17, 15) is 10.1 Å². The zero-order valence-electron chi connectivity index (χ0n) is 8.79. The summed E-state index contributed by atoms with van der Waals surface area (Å²) in [4.78, 5) is 9.79. The van der Waals surface area contributed by atoms with Gasteiger partial charge in [-0.2, -0.15) is 0 Å². The minimum absolute atomic E-state index is 0.0219. The Kier molecular flexibility index (Phi) is 2.76. The second kappa shape index (κ2) is 4.22. The number of nitrogens with zero attached hydrogens (tertiary/aromatic N) is 1. The second-order valence-corrected chi connectivity index (χ2v) is 3.66. The topological polar surface area (TPSA) is 64.4 Å². The monoisotopic (exact) mass is 220 g/mol. The Labute approximate surface area is 92.9 Å². The smallest absolute Gasteiger partial charge is 0.293 e. The van der Waals surface area contributed by atoms with Gasteiger partial charge < -0.3 is 10.1 Å². The van der Waals surface area contributed by atoms with E-state index in [1.165, 1.54) is 0 Å². The molecule has 1 N–H and O–H groups in total. The molecule has 1 fully saturated rings. The van der Waals surface area contributed by atoms with E-state index in [0.717, 1.165) is 11.8 Å². The Balaban J connectivity index is 2.17.